The van der Waals surface area contributed by atoms with Gasteiger partial charge in [0.2, 0.25) is 0 Å². The first-order valence-electron chi connectivity index (χ1n) is 5.68. The molecule has 0 atom stereocenters. The highest BCUT2D eigenvalue weighted by molar-refractivity contribution is 7.16. The van der Waals surface area contributed by atoms with Crippen LogP contribution in [-0.4, -0.2) is 18.1 Å². The molecule has 0 aliphatic rings. The SMILES string of the molecule is COC(=O)c1cccnc1CNCc1ccc(Cl)s1. The molecule has 0 saturated heterocycles. The Morgan fingerprint density at radius 2 is 2.26 bits per heavy atom. The Bertz CT molecular complexity index is 571. The van der Waals surface area contributed by atoms with Crippen LogP contribution in [-0.2, 0) is 17.8 Å². The Morgan fingerprint density at radius 3 is 2.95 bits per heavy atom. The van der Waals surface area contributed by atoms with Crippen molar-refractivity contribution in [2.45, 2.75) is 13.1 Å². The number of halogens is 1. The quantitative estimate of drug-likeness (QED) is 0.862. The molecule has 2 heterocycles. The van der Waals surface area contributed by atoms with E-state index in [9.17, 15) is 4.79 Å². The van der Waals surface area contributed by atoms with E-state index in [-0.39, 0.29) is 5.97 Å². The Labute approximate surface area is 120 Å². The molecule has 0 saturated carbocycles. The summed E-state index contributed by atoms with van der Waals surface area (Å²) in [5.41, 5.74) is 1.17. The Morgan fingerprint density at radius 1 is 1.42 bits per heavy atom. The number of rotatable bonds is 5. The summed E-state index contributed by atoms with van der Waals surface area (Å²) >= 11 is 7.39. The van der Waals surface area contributed by atoms with Gasteiger partial charge in [-0.15, -0.1) is 11.3 Å². The lowest BCUT2D eigenvalue weighted by Crippen LogP contribution is -2.16. The van der Waals surface area contributed by atoms with E-state index in [1.54, 1.807) is 18.3 Å². The fourth-order valence-corrected chi connectivity index (χ4v) is 2.68. The second kappa shape index (κ2) is 6.65. The molecule has 0 radical (unpaired) electrons. The summed E-state index contributed by atoms with van der Waals surface area (Å²) in [6, 6.07) is 7.26. The van der Waals surface area contributed by atoms with Crippen LogP contribution in [0.15, 0.2) is 30.5 Å². The molecule has 19 heavy (non-hydrogen) atoms. The number of ether oxygens (including phenoxy) is 1. The van der Waals surface area contributed by atoms with Gasteiger partial charge in [-0.3, -0.25) is 4.98 Å². The van der Waals surface area contributed by atoms with Crippen LogP contribution in [0, 0.1) is 0 Å². The summed E-state index contributed by atoms with van der Waals surface area (Å²) in [5, 5.41) is 3.23. The van der Waals surface area contributed by atoms with Crippen molar-refractivity contribution in [3.8, 4) is 0 Å². The van der Waals surface area contributed by atoms with Crippen LogP contribution in [0.3, 0.4) is 0 Å². The molecule has 100 valence electrons. The van der Waals surface area contributed by atoms with E-state index in [4.69, 9.17) is 16.3 Å². The third-order valence-corrected chi connectivity index (χ3v) is 3.75. The molecule has 2 aromatic rings. The van der Waals surface area contributed by atoms with Crippen LogP contribution in [0.2, 0.25) is 4.34 Å². The fraction of sp³-hybridized carbons (Fsp3) is 0.231. The van der Waals surface area contributed by atoms with E-state index in [1.807, 2.05) is 12.1 Å². The molecule has 0 bridgehead atoms. The van der Waals surface area contributed by atoms with Gasteiger partial charge in [0.15, 0.2) is 0 Å². The topological polar surface area (TPSA) is 51.2 Å². The Hall–Kier alpha value is -1.43. The van der Waals surface area contributed by atoms with Gasteiger partial charge >= 0.3 is 5.97 Å². The number of pyridine rings is 1. The number of methoxy groups -OCH3 is 1. The molecule has 6 heteroatoms. The van der Waals surface area contributed by atoms with E-state index in [0.717, 1.165) is 9.21 Å². The van der Waals surface area contributed by atoms with Crippen molar-refractivity contribution in [2.75, 3.05) is 7.11 Å². The monoisotopic (exact) mass is 296 g/mol. The molecule has 0 aliphatic heterocycles. The molecule has 2 rings (SSSR count). The lowest BCUT2D eigenvalue weighted by molar-refractivity contribution is 0.0598. The molecule has 1 N–H and O–H groups in total. The largest absolute Gasteiger partial charge is 0.465 e. The van der Waals surface area contributed by atoms with Gasteiger partial charge in [0.25, 0.3) is 0 Å². The summed E-state index contributed by atoms with van der Waals surface area (Å²) in [6.45, 7) is 1.19. The summed E-state index contributed by atoms with van der Waals surface area (Å²) in [5.74, 6) is -0.371. The zero-order valence-electron chi connectivity index (χ0n) is 10.4. The van der Waals surface area contributed by atoms with Crippen LogP contribution >= 0.6 is 22.9 Å². The number of carbonyl (C=O) groups excluding carboxylic acids is 1. The second-order valence-corrected chi connectivity index (χ2v) is 5.60. The summed E-state index contributed by atoms with van der Waals surface area (Å²) in [6.07, 6.45) is 1.66. The van der Waals surface area contributed by atoms with Gasteiger partial charge in [0, 0.05) is 24.2 Å². The van der Waals surface area contributed by atoms with Gasteiger partial charge in [-0.25, -0.2) is 4.79 Å². The fourth-order valence-electron chi connectivity index (χ4n) is 1.63. The van der Waals surface area contributed by atoms with Crippen LogP contribution in [0.5, 0.6) is 0 Å². The average Bonchev–Trinajstić information content (AvgIpc) is 2.84. The first kappa shape index (κ1) is 14.0. The molecule has 0 fully saturated rings. The van der Waals surface area contributed by atoms with Crippen molar-refractivity contribution in [3.05, 3.63) is 50.9 Å². The normalized spacial score (nSPS) is 10.4. The van der Waals surface area contributed by atoms with Gasteiger partial charge in [-0.1, -0.05) is 11.6 Å². The Kier molecular flexibility index (Phi) is 4.90. The van der Waals surface area contributed by atoms with Crippen LogP contribution in [0.25, 0.3) is 0 Å². The zero-order valence-corrected chi connectivity index (χ0v) is 11.9. The van der Waals surface area contributed by atoms with Crippen molar-refractivity contribution >= 4 is 28.9 Å². The number of nitrogens with zero attached hydrogens (tertiary/aromatic N) is 1. The van der Waals surface area contributed by atoms with E-state index < -0.39 is 0 Å². The van der Waals surface area contributed by atoms with E-state index >= 15 is 0 Å². The molecule has 2 aromatic heterocycles. The van der Waals surface area contributed by atoms with E-state index in [0.29, 0.717) is 24.3 Å². The summed E-state index contributed by atoms with van der Waals surface area (Å²) in [4.78, 5) is 16.9. The molecule has 4 nitrogen and oxygen atoms in total. The molecular formula is C13H13ClN2O2S. The van der Waals surface area contributed by atoms with Crippen molar-refractivity contribution in [3.63, 3.8) is 0 Å². The minimum atomic E-state index is -0.371. The maximum atomic E-state index is 11.6. The molecule has 0 amide bonds. The van der Waals surface area contributed by atoms with E-state index in [2.05, 4.69) is 10.3 Å². The van der Waals surface area contributed by atoms with Crippen LogP contribution < -0.4 is 5.32 Å². The predicted octanol–water partition coefficient (Wildman–Crippen LogP) is 2.87. The number of hydrogen-bond acceptors (Lipinski definition) is 5. The standard InChI is InChI=1S/C13H13ClN2O2S/c1-18-13(17)10-3-2-6-16-11(10)8-15-7-9-4-5-12(14)19-9/h2-6,15H,7-8H2,1H3. The predicted molar refractivity (Wildman–Crippen MR) is 75.4 cm³/mol. The van der Waals surface area contributed by atoms with Crippen molar-refractivity contribution in [1.29, 1.82) is 0 Å². The van der Waals surface area contributed by atoms with Crippen molar-refractivity contribution in [1.82, 2.24) is 10.3 Å². The summed E-state index contributed by atoms with van der Waals surface area (Å²) in [7, 11) is 1.36. The number of thiophene rings is 1. The number of esters is 1. The van der Waals surface area contributed by atoms with Gasteiger partial charge < -0.3 is 10.1 Å². The minimum absolute atomic E-state index is 0.371. The highest BCUT2D eigenvalue weighted by Gasteiger charge is 2.11. The highest BCUT2D eigenvalue weighted by Crippen LogP contribution is 2.21. The molecular weight excluding hydrogens is 284 g/mol. The second-order valence-electron chi connectivity index (χ2n) is 3.80. The van der Waals surface area contributed by atoms with Crippen molar-refractivity contribution < 1.29 is 9.53 Å². The number of carbonyl (C=O) groups is 1. The van der Waals surface area contributed by atoms with Gasteiger partial charge in [0.05, 0.1) is 22.7 Å². The number of nitrogens with one attached hydrogen (secondary N) is 1. The Balaban J connectivity index is 1.97. The molecule has 0 aliphatic carbocycles. The summed E-state index contributed by atoms with van der Waals surface area (Å²) < 4.78 is 5.49. The van der Waals surface area contributed by atoms with Crippen LogP contribution in [0.4, 0.5) is 0 Å². The maximum absolute atomic E-state index is 11.6. The first-order valence-corrected chi connectivity index (χ1v) is 6.87. The molecule has 0 unspecified atom stereocenters. The zero-order chi connectivity index (χ0) is 13.7. The minimum Gasteiger partial charge on any atom is -0.465 e. The van der Waals surface area contributed by atoms with E-state index in [1.165, 1.54) is 18.4 Å². The number of aromatic nitrogens is 1. The van der Waals surface area contributed by atoms with Crippen LogP contribution in [0.1, 0.15) is 20.9 Å². The van der Waals surface area contributed by atoms with Crippen molar-refractivity contribution in [2.24, 2.45) is 0 Å². The number of hydrogen-bond donors (Lipinski definition) is 1. The van der Waals surface area contributed by atoms with Gasteiger partial charge in [0.1, 0.15) is 0 Å². The molecule has 0 aromatic carbocycles. The lowest BCUT2D eigenvalue weighted by atomic mass is 10.2. The molecule has 0 spiro atoms. The smallest absolute Gasteiger partial charge is 0.339 e. The lowest BCUT2D eigenvalue weighted by Gasteiger charge is -2.07. The first-order chi connectivity index (χ1) is 9.20. The van der Waals surface area contributed by atoms with Gasteiger partial charge in [-0.2, -0.15) is 0 Å². The average molecular weight is 297 g/mol. The van der Waals surface area contributed by atoms with Gasteiger partial charge in [-0.05, 0) is 24.3 Å². The third kappa shape index (κ3) is 3.76. The third-order valence-electron chi connectivity index (χ3n) is 2.52. The maximum Gasteiger partial charge on any atom is 0.339 e. The highest BCUT2D eigenvalue weighted by atomic mass is 35.5.